The minimum absolute atomic E-state index is 0.407. The van der Waals surface area contributed by atoms with E-state index < -0.39 is 0 Å². The highest BCUT2D eigenvalue weighted by Crippen LogP contribution is 2.40. The Bertz CT molecular complexity index is 246. The van der Waals surface area contributed by atoms with Crippen LogP contribution in [0.2, 0.25) is 0 Å². The third kappa shape index (κ3) is 1.86. The van der Waals surface area contributed by atoms with Gasteiger partial charge < -0.3 is 11.1 Å². The Hall–Kier alpha value is -0.540. The van der Waals surface area contributed by atoms with Gasteiger partial charge in [0.05, 0.1) is 5.00 Å². The van der Waals surface area contributed by atoms with Crippen LogP contribution in [-0.2, 0) is 0 Å². The van der Waals surface area contributed by atoms with Crippen LogP contribution in [0.4, 0.5) is 5.00 Å². The van der Waals surface area contributed by atoms with Gasteiger partial charge in [0.2, 0.25) is 0 Å². The number of rotatable bonds is 4. The van der Waals surface area contributed by atoms with Crippen molar-refractivity contribution in [2.45, 2.75) is 19.3 Å². The second-order valence-corrected chi connectivity index (χ2v) is 4.84. The maximum atomic E-state index is 5.77. The standard InChI is InChI=1S/C10H16N2S/c11-7-10(4-2-5-10)8-12-9-3-1-6-13-9/h1,3,6,12H,2,4-5,7-8,11H2. The largest absolute Gasteiger partial charge is 0.376 e. The SMILES string of the molecule is NCC1(CNc2cccs2)CCC1. The Morgan fingerprint density at radius 3 is 2.85 bits per heavy atom. The molecule has 0 saturated heterocycles. The molecular weight excluding hydrogens is 180 g/mol. The number of nitrogens with two attached hydrogens (primary N) is 1. The summed E-state index contributed by atoms with van der Waals surface area (Å²) in [7, 11) is 0. The van der Waals surface area contributed by atoms with Gasteiger partial charge in [0.25, 0.3) is 0 Å². The average molecular weight is 196 g/mol. The van der Waals surface area contributed by atoms with Gasteiger partial charge in [0.1, 0.15) is 0 Å². The lowest BCUT2D eigenvalue weighted by atomic mass is 9.69. The van der Waals surface area contributed by atoms with Gasteiger partial charge >= 0.3 is 0 Å². The van der Waals surface area contributed by atoms with Crippen LogP contribution >= 0.6 is 11.3 Å². The van der Waals surface area contributed by atoms with Gasteiger partial charge in [-0.15, -0.1) is 11.3 Å². The van der Waals surface area contributed by atoms with Crippen molar-refractivity contribution >= 4 is 16.3 Å². The van der Waals surface area contributed by atoms with Gasteiger partial charge in [-0.3, -0.25) is 0 Å². The molecule has 2 nitrogen and oxygen atoms in total. The minimum Gasteiger partial charge on any atom is -0.376 e. The predicted octanol–water partition coefficient (Wildman–Crippen LogP) is 2.29. The summed E-state index contributed by atoms with van der Waals surface area (Å²) in [5.41, 5.74) is 6.18. The highest BCUT2D eigenvalue weighted by Gasteiger charge is 2.35. The van der Waals surface area contributed by atoms with Gasteiger partial charge in [-0.25, -0.2) is 0 Å². The Labute approximate surface area is 83.1 Å². The van der Waals surface area contributed by atoms with E-state index >= 15 is 0 Å². The minimum atomic E-state index is 0.407. The second-order valence-electron chi connectivity index (χ2n) is 3.89. The molecule has 0 unspecified atom stereocenters. The first-order valence-electron chi connectivity index (χ1n) is 4.82. The summed E-state index contributed by atoms with van der Waals surface area (Å²) >= 11 is 1.76. The first kappa shape index (κ1) is 9.03. The molecule has 1 fully saturated rings. The molecule has 1 saturated carbocycles. The summed E-state index contributed by atoms with van der Waals surface area (Å²) in [4.78, 5) is 0. The van der Waals surface area contributed by atoms with E-state index in [9.17, 15) is 0 Å². The fourth-order valence-corrected chi connectivity index (χ4v) is 2.40. The number of nitrogens with one attached hydrogen (secondary N) is 1. The lowest BCUT2D eigenvalue weighted by Crippen LogP contribution is -2.42. The summed E-state index contributed by atoms with van der Waals surface area (Å²) in [6, 6.07) is 4.19. The predicted molar refractivity (Wildman–Crippen MR) is 58.1 cm³/mol. The highest BCUT2D eigenvalue weighted by atomic mass is 32.1. The summed E-state index contributed by atoms with van der Waals surface area (Å²) in [6.45, 7) is 1.87. The van der Waals surface area contributed by atoms with E-state index in [0.29, 0.717) is 5.41 Å². The van der Waals surface area contributed by atoms with Crippen molar-refractivity contribution in [1.29, 1.82) is 0 Å². The molecule has 1 aromatic rings. The lowest BCUT2D eigenvalue weighted by molar-refractivity contribution is 0.163. The van der Waals surface area contributed by atoms with Gasteiger partial charge in [-0.05, 0) is 42.3 Å². The first-order chi connectivity index (χ1) is 6.35. The molecule has 1 aromatic heterocycles. The highest BCUT2D eigenvalue weighted by molar-refractivity contribution is 7.14. The van der Waals surface area contributed by atoms with Crippen molar-refractivity contribution in [2.75, 3.05) is 18.4 Å². The molecule has 0 bridgehead atoms. The summed E-state index contributed by atoms with van der Waals surface area (Å²) in [5.74, 6) is 0. The van der Waals surface area contributed by atoms with Crippen molar-refractivity contribution in [3.63, 3.8) is 0 Å². The zero-order chi connectivity index (χ0) is 9.15. The Kier molecular flexibility index (Phi) is 2.56. The molecule has 1 aliphatic carbocycles. The molecule has 0 aromatic carbocycles. The Balaban J connectivity index is 1.84. The van der Waals surface area contributed by atoms with E-state index in [1.807, 2.05) is 0 Å². The van der Waals surface area contributed by atoms with E-state index in [4.69, 9.17) is 5.73 Å². The third-order valence-corrected chi connectivity index (χ3v) is 3.83. The molecular formula is C10H16N2S. The first-order valence-corrected chi connectivity index (χ1v) is 5.70. The zero-order valence-electron chi connectivity index (χ0n) is 7.75. The summed E-state index contributed by atoms with van der Waals surface area (Å²) in [6.07, 6.45) is 3.94. The second kappa shape index (κ2) is 3.68. The molecule has 0 spiro atoms. The number of hydrogen-bond donors (Lipinski definition) is 2. The average Bonchev–Trinajstić information content (AvgIpc) is 2.56. The summed E-state index contributed by atoms with van der Waals surface area (Å²) in [5, 5.41) is 6.82. The molecule has 1 heterocycles. The van der Waals surface area contributed by atoms with Crippen LogP contribution in [0.15, 0.2) is 17.5 Å². The van der Waals surface area contributed by atoms with Gasteiger partial charge in [0, 0.05) is 6.54 Å². The van der Waals surface area contributed by atoms with Crippen LogP contribution in [-0.4, -0.2) is 13.1 Å². The molecule has 0 aliphatic heterocycles. The zero-order valence-corrected chi connectivity index (χ0v) is 8.57. The molecule has 2 rings (SSSR count). The van der Waals surface area contributed by atoms with Crippen LogP contribution in [0.5, 0.6) is 0 Å². The third-order valence-electron chi connectivity index (χ3n) is 3.01. The quantitative estimate of drug-likeness (QED) is 0.775. The smallest absolute Gasteiger partial charge is 0.0882 e. The van der Waals surface area contributed by atoms with Crippen LogP contribution in [0, 0.1) is 5.41 Å². The number of thiophene rings is 1. The van der Waals surface area contributed by atoms with Gasteiger partial charge in [-0.1, -0.05) is 6.42 Å². The van der Waals surface area contributed by atoms with E-state index in [-0.39, 0.29) is 0 Å². The monoisotopic (exact) mass is 196 g/mol. The molecule has 0 atom stereocenters. The van der Waals surface area contributed by atoms with E-state index in [1.54, 1.807) is 11.3 Å². The lowest BCUT2D eigenvalue weighted by Gasteiger charge is -2.41. The van der Waals surface area contributed by atoms with Crippen molar-refractivity contribution in [1.82, 2.24) is 0 Å². The van der Waals surface area contributed by atoms with Crippen LogP contribution in [0.3, 0.4) is 0 Å². The Morgan fingerprint density at radius 1 is 1.54 bits per heavy atom. The van der Waals surface area contributed by atoms with Crippen LogP contribution < -0.4 is 11.1 Å². The van der Waals surface area contributed by atoms with E-state index in [1.165, 1.54) is 24.3 Å². The van der Waals surface area contributed by atoms with Gasteiger partial charge in [0.15, 0.2) is 0 Å². The van der Waals surface area contributed by atoms with Crippen molar-refractivity contribution in [3.8, 4) is 0 Å². The van der Waals surface area contributed by atoms with Crippen LogP contribution in [0.1, 0.15) is 19.3 Å². The van der Waals surface area contributed by atoms with Crippen molar-refractivity contribution < 1.29 is 0 Å². The van der Waals surface area contributed by atoms with Crippen molar-refractivity contribution in [3.05, 3.63) is 17.5 Å². The van der Waals surface area contributed by atoms with E-state index in [0.717, 1.165) is 13.1 Å². The maximum Gasteiger partial charge on any atom is 0.0882 e. The molecule has 13 heavy (non-hydrogen) atoms. The number of hydrogen-bond acceptors (Lipinski definition) is 3. The maximum absolute atomic E-state index is 5.77. The van der Waals surface area contributed by atoms with Crippen molar-refractivity contribution in [2.24, 2.45) is 11.1 Å². The Morgan fingerprint density at radius 2 is 2.38 bits per heavy atom. The molecule has 3 heteroatoms. The van der Waals surface area contributed by atoms with Crippen LogP contribution in [0.25, 0.3) is 0 Å². The fourth-order valence-electron chi connectivity index (χ4n) is 1.78. The van der Waals surface area contributed by atoms with E-state index in [2.05, 4.69) is 22.8 Å². The summed E-state index contributed by atoms with van der Waals surface area (Å²) < 4.78 is 0. The van der Waals surface area contributed by atoms with Gasteiger partial charge in [-0.2, -0.15) is 0 Å². The number of anilines is 1. The fraction of sp³-hybridized carbons (Fsp3) is 0.600. The molecule has 0 radical (unpaired) electrons. The topological polar surface area (TPSA) is 38.0 Å². The molecule has 0 amide bonds. The molecule has 3 N–H and O–H groups in total. The molecule has 1 aliphatic rings. The molecule has 72 valence electrons. The normalized spacial score (nSPS) is 19.5.